The van der Waals surface area contributed by atoms with Gasteiger partial charge in [0.2, 0.25) is 0 Å². The van der Waals surface area contributed by atoms with E-state index in [0.29, 0.717) is 22.0 Å². The van der Waals surface area contributed by atoms with Crippen LogP contribution >= 0.6 is 23.4 Å². The lowest BCUT2D eigenvalue weighted by atomic mass is 10.1. The monoisotopic (exact) mass is 292 g/mol. The zero-order chi connectivity index (χ0) is 13.8. The second-order valence-electron chi connectivity index (χ2n) is 3.88. The van der Waals surface area contributed by atoms with Gasteiger partial charge in [-0.05, 0) is 35.9 Å². The van der Waals surface area contributed by atoms with Crippen LogP contribution in [0.1, 0.15) is 11.1 Å². The van der Waals surface area contributed by atoms with Gasteiger partial charge in [0, 0.05) is 21.4 Å². The Kier molecular flexibility index (Phi) is 4.31. The Labute approximate surface area is 120 Å². The number of halogens is 2. The van der Waals surface area contributed by atoms with Gasteiger partial charge in [-0.1, -0.05) is 17.7 Å². The first-order valence-corrected chi connectivity index (χ1v) is 6.83. The third-order valence-electron chi connectivity index (χ3n) is 2.55. The number of nitrogen functional groups attached to an aromatic ring is 1. The van der Waals surface area contributed by atoms with Gasteiger partial charge >= 0.3 is 0 Å². The lowest BCUT2D eigenvalue weighted by Crippen LogP contribution is -1.92. The summed E-state index contributed by atoms with van der Waals surface area (Å²) in [5.41, 5.74) is 7.59. The quantitative estimate of drug-likeness (QED) is 0.680. The molecule has 2 N–H and O–H groups in total. The third kappa shape index (κ3) is 3.40. The van der Waals surface area contributed by atoms with Crippen LogP contribution in [0.2, 0.25) is 5.02 Å². The van der Waals surface area contributed by atoms with E-state index in [1.54, 1.807) is 24.3 Å². The van der Waals surface area contributed by atoms with Crippen molar-refractivity contribution in [1.82, 2.24) is 0 Å². The summed E-state index contributed by atoms with van der Waals surface area (Å²) in [4.78, 5) is 0.848. The smallest absolute Gasteiger partial charge is 0.124 e. The Morgan fingerprint density at radius 1 is 1.26 bits per heavy atom. The van der Waals surface area contributed by atoms with E-state index in [0.717, 1.165) is 10.5 Å². The largest absolute Gasteiger partial charge is 0.398 e. The van der Waals surface area contributed by atoms with Gasteiger partial charge in [0.25, 0.3) is 0 Å². The van der Waals surface area contributed by atoms with Crippen molar-refractivity contribution < 1.29 is 4.39 Å². The summed E-state index contributed by atoms with van der Waals surface area (Å²) in [5, 5.41) is 9.57. The predicted octanol–water partition coefficient (Wildman–Crippen LogP) is 4.23. The number of thioether (sulfide) groups is 1. The SMILES string of the molecule is N#Cc1cc(F)ccc1CSc1cc(Cl)ccc1N. The zero-order valence-corrected chi connectivity index (χ0v) is 11.4. The number of hydrogen-bond acceptors (Lipinski definition) is 3. The van der Waals surface area contributed by atoms with Crippen LogP contribution in [-0.4, -0.2) is 0 Å². The van der Waals surface area contributed by atoms with Crippen molar-refractivity contribution in [3.8, 4) is 6.07 Å². The number of hydrogen-bond donors (Lipinski definition) is 1. The second kappa shape index (κ2) is 5.96. The fourth-order valence-electron chi connectivity index (χ4n) is 1.57. The minimum atomic E-state index is -0.410. The van der Waals surface area contributed by atoms with Gasteiger partial charge in [-0.15, -0.1) is 11.8 Å². The molecule has 0 aliphatic rings. The van der Waals surface area contributed by atoms with Gasteiger partial charge in [-0.2, -0.15) is 5.26 Å². The standard InChI is InChI=1S/C14H10ClFN2S/c15-11-2-4-13(18)14(6-11)19-8-9-1-3-12(16)5-10(9)7-17/h1-6H,8,18H2. The molecule has 0 bridgehead atoms. The first-order chi connectivity index (χ1) is 9.10. The van der Waals surface area contributed by atoms with Crippen LogP contribution in [-0.2, 0) is 5.75 Å². The molecule has 19 heavy (non-hydrogen) atoms. The molecule has 0 spiro atoms. The van der Waals surface area contributed by atoms with E-state index in [1.807, 2.05) is 6.07 Å². The van der Waals surface area contributed by atoms with Gasteiger partial charge in [0.1, 0.15) is 5.82 Å². The van der Waals surface area contributed by atoms with Crippen LogP contribution < -0.4 is 5.73 Å². The van der Waals surface area contributed by atoms with Crippen molar-refractivity contribution in [1.29, 1.82) is 5.26 Å². The molecular weight excluding hydrogens is 283 g/mol. The van der Waals surface area contributed by atoms with Crippen LogP contribution in [0.3, 0.4) is 0 Å². The van der Waals surface area contributed by atoms with E-state index in [-0.39, 0.29) is 0 Å². The van der Waals surface area contributed by atoms with E-state index in [4.69, 9.17) is 22.6 Å². The number of nitrogens with two attached hydrogens (primary N) is 1. The Bertz CT molecular complexity index is 652. The molecule has 0 atom stereocenters. The lowest BCUT2D eigenvalue weighted by Gasteiger charge is -2.07. The van der Waals surface area contributed by atoms with Crippen LogP contribution in [0.15, 0.2) is 41.3 Å². The average molecular weight is 293 g/mol. The zero-order valence-electron chi connectivity index (χ0n) is 9.86. The molecule has 0 fully saturated rings. The number of nitriles is 1. The minimum absolute atomic E-state index is 0.341. The van der Waals surface area contributed by atoms with Crippen molar-refractivity contribution in [3.05, 3.63) is 58.4 Å². The average Bonchev–Trinajstić information content (AvgIpc) is 2.40. The first kappa shape index (κ1) is 13.7. The van der Waals surface area contributed by atoms with Gasteiger partial charge < -0.3 is 5.73 Å². The van der Waals surface area contributed by atoms with Gasteiger partial charge in [0.15, 0.2) is 0 Å². The van der Waals surface area contributed by atoms with Crippen LogP contribution in [0.5, 0.6) is 0 Å². The summed E-state index contributed by atoms with van der Waals surface area (Å²) in [6.07, 6.45) is 0. The van der Waals surface area contributed by atoms with Gasteiger partial charge in [0.05, 0.1) is 11.6 Å². The van der Waals surface area contributed by atoms with Crippen LogP contribution in [0.4, 0.5) is 10.1 Å². The molecule has 0 radical (unpaired) electrons. The Hall–Kier alpha value is -1.70. The molecule has 2 rings (SSSR count). The maximum atomic E-state index is 13.0. The normalized spacial score (nSPS) is 10.2. The molecule has 0 unspecified atom stereocenters. The number of rotatable bonds is 3. The molecule has 2 nitrogen and oxygen atoms in total. The fraction of sp³-hybridized carbons (Fsp3) is 0.0714. The highest BCUT2D eigenvalue weighted by Crippen LogP contribution is 2.31. The summed E-state index contributed by atoms with van der Waals surface area (Å²) < 4.78 is 13.0. The van der Waals surface area contributed by atoms with E-state index >= 15 is 0 Å². The molecule has 2 aromatic carbocycles. The summed E-state index contributed by atoms with van der Waals surface area (Å²) in [6.45, 7) is 0. The molecule has 2 aromatic rings. The molecule has 5 heteroatoms. The highest BCUT2D eigenvalue weighted by molar-refractivity contribution is 7.98. The summed E-state index contributed by atoms with van der Waals surface area (Å²) >= 11 is 7.37. The molecule has 0 saturated carbocycles. The molecule has 96 valence electrons. The van der Waals surface area contributed by atoms with Gasteiger partial charge in [-0.25, -0.2) is 4.39 Å². The summed E-state index contributed by atoms with van der Waals surface area (Å²) in [7, 11) is 0. The van der Waals surface area contributed by atoms with Crippen molar-refractivity contribution >= 4 is 29.1 Å². The third-order valence-corrected chi connectivity index (χ3v) is 3.91. The van der Waals surface area contributed by atoms with E-state index in [9.17, 15) is 4.39 Å². The Balaban J connectivity index is 2.19. The van der Waals surface area contributed by atoms with Crippen LogP contribution in [0, 0.1) is 17.1 Å². The minimum Gasteiger partial charge on any atom is -0.398 e. The van der Waals surface area contributed by atoms with Crippen molar-refractivity contribution in [3.63, 3.8) is 0 Å². The van der Waals surface area contributed by atoms with E-state index in [1.165, 1.54) is 23.9 Å². The molecule has 0 aliphatic carbocycles. The molecular formula is C14H10ClFN2S. The Morgan fingerprint density at radius 2 is 2.05 bits per heavy atom. The Morgan fingerprint density at radius 3 is 2.79 bits per heavy atom. The first-order valence-electron chi connectivity index (χ1n) is 5.46. The molecule has 0 amide bonds. The molecule has 0 aromatic heterocycles. The highest BCUT2D eigenvalue weighted by Gasteiger charge is 2.06. The van der Waals surface area contributed by atoms with E-state index in [2.05, 4.69) is 0 Å². The maximum absolute atomic E-state index is 13.0. The van der Waals surface area contributed by atoms with Crippen molar-refractivity contribution in [2.45, 2.75) is 10.6 Å². The van der Waals surface area contributed by atoms with Gasteiger partial charge in [-0.3, -0.25) is 0 Å². The van der Waals surface area contributed by atoms with Crippen LogP contribution in [0.25, 0.3) is 0 Å². The molecule has 0 saturated heterocycles. The molecule has 0 aliphatic heterocycles. The van der Waals surface area contributed by atoms with Crippen molar-refractivity contribution in [2.24, 2.45) is 0 Å². The molecule has 0 heterocycles. The van der Waals surface area contributed by atoms with Crippen molar-refractivity contribution in [2.75, 3.05) is 5.73 Å². The maximum Gasteiger partial charge on any atom is 0.124 e. The summed E-state index contributed by atoms with van der Waals surface area (Å²) in [6, 6.07) is 11.4. The fourth-order valence-corrected chi connectivity index (χ4v) is 2.81. The van der Waals surface area contributed by atoms with E-state index < -0.39 is 5.82 Å². The lowest BCUT2D eigenvalue weighted by molar-refractivity contribution is 0.627. The number of benzene rings is 2. The number of anilines is 1. The highest BCUT2D eigenvalue weighted by atomic mass is 35.5. The summed E-state index contributed by atoms with van der Waals surface area (Å²) in [5.74, 6) is 0.126. The predicted molar refractivity (Wildman–Crippen MR) is 76.5 cm³/mol. The number of nitrogens with zero attached hydrogens (tertiary/aromatic N) is 1. The topological polar surface area (TPSA) is 49.8 Å². The second-order valence-corrected chi connectivity index (χ2v) is 5.34.